The molecule has 0 heteroatoms. The van der Waals surface area contributed by atoms with Crippen LogP contribution in [0.4, 0.5) is 0 Å². The molecular weight excluding hydrogens is 1230 g/mol. The molecule has 0 aliphatic rings. The third-order valence-corrected chi connectivity index (χ3v) is 18.6. The van der Waals surface area contributed by atoms with Crippen LogP contribution >= 0.6 is 0 Å². The maximum Gasteiger partial charge on any atom is -0.0105 e. The molecule has 0 radical (unpaired) electrons. The number of aryl methyl sites for hydroxylation is 6. The van der Waals surface area contributed by atoms with Crippen molar-refractivity contribution in [2.24, 2.45) is 0 Å². The standard InChI is InChI=1S/2C23H18.2C17H14.2C11H10/c1-17-14-20(18-8-3-2-4-9-18)16-21(15-17)23-13-7-11-19-10-5-6-12-22(19)23;1-17-13-22(18-7-3-2-4-8-18)16-23(14-17)21-12-11-19-9-5-6-10-20(19)15-21;1-13-10-11-17-15(12-13)8-5-9-16(17)14-6-3-2-4-7-14;1-13-7-8-17-12-16(10-9-15(17)11-13)14-5-3-2-4-6-14;2*1-9-6-7-10-4-2-3-5-11(10)8-9/h2*2-16H,1H3;2*2-12H,1H3;2*2-8H,1H3. The van der Waals surface area contributed by atoms with Gasteiger partial charge < -0.3 is 0 Å². The molecule has 18 aromatic rings. The molecule has 0 spiro atoms. The van der Waals surface area contributed by atoms with Crippen molar-refractivity contribution in [1.29, 1.82) is 0 Å². The molecule has 0 saturated heterocycles. The van der Waals surface area contributed by atoms with Gasteiger partial charge in [-0.3, -0.25) is 0 Å². The van der Waals surface area contributed by atoms with Crippen LogP contribution in [0.3, 0.4) is 0 Å². The SMILES string of the molecule is Cc1cc(-c2ccccc2)cc(-c2ccc3ccccc3c2)c1.Cc1cc(-c2ccccc2)cc(-c2cccc3ccccc23)c1.Cc1ccc2c(-c3ccccc3)cccc2c1.Cc1ccc2cc(-c3ccccc3)ccc2c1.Cc1ccc2ccccc2c1.Cc1ccc2ccccc2c1. The molecule has 0 atom stereocenters. The van der Waals surface area contributed by atoms with Crippen LogP contribution in [0.15, 0.2) is 400 Å². The first-order valence-electron chi connectivity index (χ1n) is 35.3. The van der Waals surface area contributed by atoms with Gasteiger partial charge in [-0.1, -0.05) is 398 Å². The van der Waals surface area contributed by atoms with Crippen LogP contribution < -0.4 is 0 Å². The Morgan fingerprint density at radius 2 is 0.392 bits per heavy atom. The zero-order valence-corrected chi connectivity index (χ0v) is 59.1. The highest BCUT2D eigenvalue weighted by molar-refractivity contribution is 5.99. The Bertz CT molecular complexity index is 5720. The van der Waals surface area contributed by atoms with Crippen LogP contribution in [0, 0.1) is 41.5 Å². The summed E-state index contributed by atoms with van der Waals surface area (Å²) in [5.41, 5.74) is 23.2. The highest BCUT2D eigenvalue weighted by Gasteiger charge is 2.10. The highest BCUT2D eigenvalue weighted by atomic mass is 14.1. The fourth-order valence-corrected chi connectivity index (χ4v) is 13.4. The quantitative estimate of drug-likeness (QED) is 0.156. The van der Waals surface area contributed by atoms with E-state index in [1.54, 1.807) is 0 Å². The predicted molar refractivity (Wildman–Crippen MR) is 445 cm³/mol. The second kappa shape index (κ2) is 32.9. The van der Waals surface area contributed by atoms with E-state index in [-0.39, 0.29) is 0 Å². The van der Waals surface area contributed by atoms with Gasteiger partial charge in [-0.05, 0) is 208 Å². The van der Waals surface area contributed by atoms with Crippen molar-refractivity contribution in [2.75, 3.05) is 0 Å². The lowest BCUT2D eigenvalue weighted by atomic mass is 9.93. The maximum absolute atomic E-state index is 2.30. The predicted octanol–water partition coefficient (Wildman–Crippen LogP) is 28.9. The Balaban J connectivity index is 0.000000111. The van der Waals surface area contributed by atoms with Crippen molar-refractivity contribution in [3.05, 3.63) is 434 Å². The van der Waals surface area contributed by atoms with Gasteiger partial charge in [-0.25, -0.2) is 0 Å². The summed E-state index contributed by atoms with van der Waals surface area (Å²) >= 11 is 0. The summed E-state index contributed by atoms with van der Waals surface area (Å²) in [4.78, 5) is 0. The van der Waals surface area contributed by atoms with E-state index < -0.39 is 0 Å². The number of fused-ring (bicyclic) bond motifs is 6. The fraction of sp³-hybridized carbons (Fsp3) is 0.0588. The first kappa shape index (κ1) is 68.1. The first-order valence-corrected chi connectivity index (χ1v) is 35.3. The molecule has 0 saturated carbocycles. The minimum Gasteiger partial charge on any atom is -0.0622 e. The third kappa shape index (κ3) is 17.5. The number of benzene rings is 18. The summed E-state index contributed by atoms with van der Waals surface area (Å²) in [5, 5.41) is 15.7. The van der Waals surface area contributed by atoms with E-state index in [9.17, 15) is 0 Å². The van der Waals surface area contributed by atoms with E-state index >= 15 is 0 Å². The molecule has 0 aromatic heterocycles. The summed E-state index contributed by atoms with van der Waals surface area (Å²) in [6.07, 6.45) is 0. The van der Waals surface area contributed by atoms with Crippen LogP contribution in [0.5, 0.6) is 0 Å². The average molecular weight is 1310 g/mol. The van der Waals surface area contributed by atoms with Gasteiger partial charge in [0.05, 0.1) is 0 Å². The highest BCUT2D eigenvalue weighted by Crippen LogP contribution is 2.35. The van der Waals surface area contributed by atoms with E-state index in [4.69, 9.17) is 0 Å². The van der Waals surface area contributed by atoms with Crippen molar-refractivity contribution in [3.63, 3.8) is 0 Å². The van der Waals surface area contributed by atoms with Gasteiger partial charge in [0.25, 0.3) is 0 Å². The van der Waals surface area contributed by atoms with E-state index in [0.29, 0.717) is 0 Å². The smallest absolute Gasteiger partial charge is 0.0105 e. The zero-order valence-electron chi connectivity index (χ0n) is 59.1. The lowest BCUT2D eigenvalue weighted by Gasteiger charge is -2.11. The number of rotatable bonds is 6. The van der Waals surface area contributed by atoms with E-state index in [1.807, 2.05) is 6.07 Å². The Labute approximate surface area is 602 Å². The van der Waals surface area contributed by atoms with Gasteiger partial charge in [0, 0.05) is 0 Å². The molecule has 492 valence electrons. The normalized spacial score (nSPS) is 10.6. The number of hydrogen-bond acceptors (Lipinski definition) is 0. The zero-order chi connectivity index (χ0) is 70.0. The fourth-order valence-electron chi connectivity index (χ4n) is 13.4. The Morgan fingerprint density at radius 1 is 0.118 bits per heavy atom. The second-order valence-electron chi connectivity index (χ2n) is 26.5. The van der Waals surface area contributed by atoms with Crippen molar-refractivity contribution in [2.45, 2.75) is 41.5 Å². The minimum atomic E-state index is 1.26. The van der Waals surface area contributed by atoms with E-state index in [2.05, 4.69) is 436 Å². The summed E-state index contributed by atoms with van der Waals surface area (Å²) in [6.45, 7) is 12.8. The minimum absolute atomic E-state index is 1.26. The maximum atomic E-state index is 2.30. The molecule has 18 aromatic carbocycles. The summed E-state index contributed by atoms with van der Waals surface area (Å²) in [7, 11) is 0. The molecule has 0 amide bonds. The first-order chi connectivity index (χ1) is 50.0. The molecule has 0 fully saturated rings. The van der Waals surface area contributed by atoms with Gasteiger partial charge in [-0.15, -0.1) is 0 Å². The second-order valence-corrected chi connectivity index (χ2v) is 26.5. The molecule has 18 rings (SSSR count). The average Bonchev–Trinajstić information content (AvgIpc) is 1.87. The monoisotopic (exact) mass is 1310 g/mol. The van der Waals surface area contributed by atoms with Crippen LogP contribution in [-0.2, 0) is 0 Å². The van der Waals surface area contributed by atoms with Gasteiger partial charge >= 0.3 is 0 Å². The Hall–Kier alpha value is -12.5. The van der Waals surface area contributed by atoms with Gasteiger partial charge in [0.1, 0.15) is 0 Å². The van der Waals surface area contributed by atoms with Crippen molar-refractivity contribution in [1.82, 2.24) is 0 Å². The molecule has 0 aliphatic heterocycles. The van der Waals surface area contributed by atoms with Crippen LogP contribution in [0.1, 0.15) is 33.4 Å². The van der Waals surface area contributed by atoms with Crippen molar-refractivity contribution < 1.29 is 0 Å². The molecule has 102 heavy (non-hydrogen) atoms. The molecule has 0 aliphatic carbocycles. The van der Waals surface area contributed by atoms with Crippen LogP contribution in [-0.4, -0.2) is 0 Å². The van der Waals surface area contributed by atoms with Crippen LogP contribution in [0.25, 0.3) is 131 Å². The summed E-state index contributed by atoms with van der Waals surface area (Å²) in [5.74, 6) is 0. The molecule has 0 bridgehead atoms. The molecule has 0 N–H and O–H groups in total. The topological polar surface area (TPSA) is 0 Å². The summed E-state index contributed by atoms with van der Waals surface area (Å²) in [6, 6.07) is 142. The van der Waals surface area contributed by atoms with Gasteiger partial charge in [0.15, 0.2) is 0 Å². The van der Waals surface area contributed by atoms with Gasteiger partial charge in [-0.2, -0.15) is 0 Å². The molecule has 0 unspecified atom stereocenters. The largest absolute Gasteiger partial charge is 0.0622 e. The Morgan fingerprint density at radius 3 is 0.882 bits per heavy atom. The molecule has 0 heterocycles. The van der Waals surface area contributed by atoms with Crippen LogP contribution in [0.2, 0.25) is 0 Å². The Kier molecular flexibility index (Phi) is 22.0. The van der Waals surface area contributed by atoms with Crippen molar-refractivity contribution >= 4 is 64.6 Å². The lowest BCUT2D eigenvalue weighted by molar-refractivity contribution is 1.46. The molecular formula is C102H84. The molecule has 0 nitrogen and oxygen atoms in total. The van der Waals surface area contributed by atoms with E-state index in [0.717, 1.165) is 0 Å². The van der Waals surface area contributed by atoms with E-state index in [1.165, 1.54) is 165 Å². The van der Waals surface area contributed by atoms with Crippen molar-refractivity contribution in [3.8, 4) is 66.8 Å². The summed E-state index contributed by atoms with van der Waals surface area (Å²) < 4.78 is 0. The van der Waals surface area contributed by atoms with Gasteiger partial charge in [0.2, 0.25) is 0 Å². The third-order valence-electron chi connectivity index (χ3n) is 18.6. The number of hydrogen-bond donors (Lipinski definition) is 0. The lowest BCUT2D eigenvalue weighted by Crippen LogP contribution is -1.86.